The van der Waals surface area contributed by atoms with Crippen molar-refractivity contribution in [3.05, 3.63) is 41.7 Å². The maximum absolute atomic E-state index is 12.9. The SMILES string of the molecule is Cc1cc(C)n(-c2cccc(NC(=O)C3(S(C)(=O)=O)CCNCC3)c2)n1.Cl. The summed E-state index contributed by atoms with van der Waals surface area (Å²) in [6.07, 6.45) is 1.69. The second-order valence-electron chi connectivity index (χ2n) is 6.86. The summed E-state index contributed by atoms with van der Waals surface area (Å²) in [6, 6.07) is 9.24. The zero-order valence-electron chi connectivity index (χ0n) is 15.7. The second-order valence-corrected chi connectivity index (χ2v) is 9.19. The Hall–Kier alpha value is -1.90. The molecule has 0 radical (unpaired) electrons. The smallest absolute Gasteiger partial charge is 0.245 e. The molecule has 2 N–H and O–H groups in total. The molecule has 0 bridgehead atoms. The molecule has 2 aromatic rings. The van der Waals surface area contributed by atoms with Gasteiger partial charge in [0.25, 0.3) is 0 Å². The Labute approximate surface area is 165 Å². The van der Waals surface area contributed by atoms with E-state index in [1.165, 1.54) is 0 Å². The number of rotatable bonds is 4. The monoisotopic (exact) mass is 412 g/mol. The number of anilines is 1. The summed E-state index contributed by atoms with van der Waals surface area (Å²) in [7, 11) is -3.54. The van der Waals surface area contributed by atoms with E-state index in [1.807, 2.05) is 32.0 Å². The lowest BCUT2D eigenvalue weighted by Crippen LogP contribution is -2.55. The first-order valence-corrected chi connectivity index (χ1v) is 10.5. The second kappa shape index (κ2) is 8.00. The molecule has 1 saturated heterocycles. The fourth-order valence-corrected chi connectivity index (χ4v) is 4.78. The normalized spacial score (nSPS) is 16.4. The Morgan fingerprint density at radius 3 is 2.44 bits per heavy atom. The number of aryl methyl sites for hydroxylation is 2. The van der Waals surface area contributed by atoms with Crippen molar-refractivity contribution in [2.45, 2.75) is 31.4 Å². The first-order chi connectivity index (χ1) is 12.2. The summed E-state index contributed by atoms with van der Waals surface area (Å²) in [6.45, 7) is 4.89. The van der Waals surface area contributed by atoms with Gasteiger partial charge in [0.1, 0.15) is 0 Å². The minimum Gasteiger partial charge on any atom is -0.325 e. The summed E-state index contributed by atoms with van der Waals surface area (Å²) >= 11 is 0. The molecule has 0 spiro atoms. The van der Waals surface area contributed by atoms with Gasteiger partial charge in [0.15, 0.2) is 14.6 Å². The molecule has 9 heteroatoms. The standard InChI is InChI=1S/C18H24N4O3S.ClH/c1-13-11-14(2)22(21-13)16-6-4-5-15(12-16)20-17(23)18(26(3,24)25)7-9-19-10-8-18;/h4-6,11-12,19H,7-10H2,1-3H3,(H,20,23);1H. The lowest BCUT2D eigenvalue weighted by molar-refractivity contribution is -0.119. The number of benzene rings is 1. The quantitative estimate of drug-likeness (QED) is 0.801. The van der Waals surface area contributed by atoms with Gasteiger partial charge in [-0.3, -0.25) is 4.79 Å². The number of carbonyl (C=O) groups excluding carboxylic acids is 1. The largest absolute Gasteiger partial charge is 0.325 e. The summed E-state index contributed by atoms with van der Waals surface area (Å²) in [5.41, 5.74) is 3.26. The first-order valence-electron chi connectivity index (χ1n) is 8.58. The molecule has 1 fully saturated rings. The molecule has 7 nitrogen and oxygen atoms in total. The van der Waals surface area contributed by atoms with Gasteiger partial charge < -0.3 is 10.6 Å². The van der Waals surface area contributed by atoms with Crippen molar-refractivity contribution < 1.29 is 13.2 Å². The van der Waals surface area contributed by atoms with E-state index < -0.39 is 20.5 Å². The molecular formula is C18H25ClN4O3S. The first kappa shape index (κ1) is 21.4. The van der Waals surface area contributed by atoms with Crippen LogP contribution in [-0.2, 0) is 14.6 Å². The van der Waals surface area contributed by atoms with E-state index in [1.54, 1.807) is 16.8 Å². The van der Waals surface area contributed by atoms with Gasteiger partial charge in [-0.1, -0.05) is 6.07 Å². The molecule has 2 heterocycles. The molecule has 1 aliphatic rings. The van der Waals surface area contributed by atoms with Gasteiger partial charge in [-0.2, -0.15) is 5.10 Å². The minimum atomic E-state index is -3.54. The molecule has 1 aromatic heterocycles. The van der Waals surface area contributed by atoms with Crippen LogP contribution >= 0.6 is 12.4 Å². The predicted molar refractivity (Wildman–Crippen MR) is 109 cm³/mol. The molecule has 0 saturated carbocycles. The lowest BCUT2D eigenvalue weighted by Gasteiger charge is -2.34. The predicted octanol–water partition coefficient (Wildman–Crippen LogP) is 2.02. The van der Waals surface area contributed by atoms with Crippen molar-refractivity contribution in [1.29, 1.82) is 0 Å². The molecule has 27 heavy (non-hydrogen) atoms. The van der Waals surface area contributed by atoms with Crippen molar-refractivity contribution in [1.82, 2.24) is 15.1 Å². The molecule has 1 amide bonds. The number of halogens is 1. The molecule has 0 atom stereocenters. The van der Waals surface area contributed by atoms with Crippen LogP contribution in [0.15, 0.2) is 30.3 Å². The van der Waals surface area contributed by atoms with Crippen LogP contribution in [0, 0.1) is 13.8 Å². The fourth-order valence-electron chi connectivity index (χ4n) is 3.45. The van der Waals surface area contributed by atoms with Gasteiger partial charge in [-0.15, -0.1) is 12.4 Å². The molecular weight excluding hydrogens is 388 g/mol. The van der Waals surface area contributed by atoms with Crippen molar-refractivity contribution in [3.8, 4) is 5.69 Å². The number of nitrogens with one attached hydrogen (secondary N) is 2. The summed E-state index contributed by atoms with van der Waals surface area (Å²) in [5.74, 6) is -0.466. The van der Waals surface area contributed by atoms with Crippen molar-refractivity contribution in [2.75, 3.05) is 24.7 Å². The molecule has 148 valence electrons. The number of hydrogen-bond acceptors (Lipinski definition) is 5. The average molecular weight is 413 g/mol. The Bertz CT molecular complexity index is 934. The summed E-state index contributed by atoms with van der Waals surface area (Å²) in [4.78, 5) is 12.9. The van der Waals surface area contributed by atoms with E-state index >= 15 is 0 Å². The van der Waals surface area contributed by atoms with E-state index in [2.05, 4.69) is 15.7 Å². The molecule has 3 rings (SSSR count). The Morgan fingerprint density at radius 2 is 1.89 bits per heavy atom. The van der Waals surface area contributed by atoms with Crippen LogP contribution in [0.1, 0.15) is 24.2 Å². The molecule has 0 aliphatic carbocycles. The van der Waals surface area contributed by atoms with Gasteiger partial charge in [0.05, 0.1) is 11.4 Å². The maximum Gasteiger partial charge on any atom is 0.245 e. The average Bonchev–Trinajstić information content (AvgIpc) is 2.93. The Balaban J connectivity index is 0.00000261. The minimum absolute atomic E-state index is 0. The van der Waals surface area contributed by atoms with Crippen molar-refractivity contribution >= 4 is 33.8 Å². The van der Waals surface area contributed by atoms with Gasteiger partial charge in [0.2, 0.25) is 5.91 Å². The van der Waals surface area contributed by atoms with Crippen LogP contribution < -0.4 is 10.6 Å². The van der Waals surface area contributed by atoms with Crippen LogP contribution in [-0.4, -0.2) is 48.2 Å². The van der Waals surface area contributed by atoms with Crippen LogP contribution in [0.5, 0.6) is 0 Å². The molecule has 0 unspecified atom stereocenters. The van der Waals surface area contributed by atoms with E-state index in [0.717, 1.165) is 23.3 Å². The van der Waals surface area contributed by atoms with Crippen LogP contribution in [0.3, 0.4) is 0 Å². The fraction of sp³-hybridized carbons (Fsp3) is 0.444. The number of nitrogens with zero attached hydrogens (tertiary/aromatic N) is 2. The number of hydrogen-bond donors (Lipinski definition) is 2. The highest BCUT2D eigenvalue weighted by Crippen LogP contribution is 2.29. The number of amides is 1. The zero-order chi connectivity index (χ0) is 18.9. The van der Waals surface area contributed by atoms with Crippen LogP contribution in [0.4, 0.5) is 5.69 Å². The molecule has 1 aromatic carbocycles. The molecule has 1 aliphatic heterocycles. The zero-order valence-corrected chi connectivity index (χ0v) is 17.3. The van der Waals surface area contributed by atoms with Gasteiger partial charge in [0, 0.05) is 17.6 Å². The number of carbonyl (C=O) groups is 1. The highest BCUT2D eigenvalue weighted by atomic mass is 35.5. The van der Waals surface area contributed by atoms with E-state index in [9.17, 15) is 13.2 Å². The van der Waals surface area contributed by atoms with E-state index in [-0.39, 0.29) is 25.2 Å². The maximum atomic E-state index is 12.9. The van der Waals surface area contributed by atoms with E-state index in [4.69, 9.17) is 0 Å². The lowest BCUT2D eigenvalue weighted by atomic mass is 9.95. The third kappa shape index (κ3) is 4.17. The Kier molecular flexibility index (Phi) is 6.34. The number of aromatic nitrogens is 2. The van der Waals surface area contributed by atoms with E-state index in [0.29, 0.717) is 18.8 Å². The van der Waals surface area contributed by atoms with Crippen molar-refractivity contribution in [3.63, 3.8) is 0 Å². The topological polar surface area (TPSA) is 93.1 Å². The van der Waals surface area contributed by atoms with Crippen LogP contribution in [0.2, 0.25) is 0 Å². The van der Waals surface area contributed by atoms with Gasteiger partial charge >= 0.3 is 0 Å². The van der Waals surface area contributed by atoms with Crippen molar-refractivity contribution in [2.24, 2.45) is 0 Å². The third-order valence-corrected chi connectivity index (χ3v) is 6.91. The summed E-state index contributed by atoms with van der Waals surface area (Å²) < 4.78 is 25.2. The van der Waals surface area contributed by atoms with Gasteiger partial charge in [-0.25, -0.2) is 13.1 Å². The highest BCUT2D eigenvalue weighted by Gasteiger charge is 2.48. The third-order valence-electron chi connectivity index (χ3n) is 4.89. The number of piperidine rings is 1. The highest BCUT2D eigenvalue weighted by molar-refractivity contribution is 7.92. The van der Waals surface area contributed by atoms with Crippen LogP contribution in [0.25, 0.3) is 5.69 Å². The number of sulfone groups is 1. The summed E-state index contributed by atoms with van der Waals surface area (Å²) in [5, 5.41) is 10.4. The van der Waals surface area contributed by atoms with Gasteiger partial charge in [-0.05, 0) is 64.0 Å². The Morgan fingerprint density at radius 1 is 1.22 bits per heavy atom.